The number of carbonyl (C=O) groups is 3. The van der Waals surface area contributed by atoms with E-state index in [2.05, 4.69) is 34.8 Å². The van der Waals surface area contributed by atoms with Crippen molar-refractivity contribution >= 4 is 62.1 Å². The van der Waals surface area contributed by atoms with E-state index in [1.807, 2.05) is 60.4 Å². The lowest BCUT2D eigenvalue weighted by Crippen LogP contribution is -2.65. The summed E-state index contributed by atoms with van der Waals surface area (Å²) >= 11 is 1.42. The number of pyridine rings is 1. The van der Waals surface area contributed by atoms with Crippen LogP contribution >= 0.6 is 11.3 Å². The molecule has 62 heavy (non-hydrogen) atoms. The number of carboxylic acid groups (broad SMARTS) is 1. The van der Waals surface area contributed by atoms with Crippen molar-refractivity contribution in [2.45, 2.75) is 90.8 Å². The van der Waals surface area contributed by atoms with Crippen molar-refractivity contribution in [2.24, 2.45) is 22.0 Å². The predicted octanol–water partition coefficient (Wildman–Crippen LogP) is 6.79. The number of nitrogens with zero attached hydrogens (tertiary/aromatic N) is 3. The van der Waals surface area contributed by atoms with E-state index in [-0.39, 0.29) is 40.1 Å². The molecule has 5 aliphatic rings. The van der Waals surface area contributed by atoms with Crippen LogP contribution in [0.3, 0.4) is 0 Å². The van der Waals surface area contributed by atoms with Crippen LogP contribution in [0.5, 0.6) is 0 Å². The molecular weight excluding hydrogens is 805 g/mol. The standard InChI is InChI=1S/C47H58N8O6S/c1-29(49)42(59)60-18-15-50-16-19-61-47-25-44(3)22-45(4,26-47)24-46(23-44,27-47)28-51-30(2)34(20-48)32-12-13-38(53-39(32)41(57)58)55-17-14-31-8-7-9-33(35(31)21-55)40(56)54-43-52-36-10-5-6-11-37(36)62-43/h5-13,20,29,48,50-51H,14-19,21-28,49H2,1-4H3,(H,57,58)(H,52,54,56)/b34-30+,48-20?. The van der Waals surface area contributed by atoms with Gasteiger partial charge in [-0.05, 0) is 116 Å². The topological polar surface area (TPSA) is 205 Å². The Morgan fingerprint density at radius 3 is 2.45 bits per heavy atom. The van der Waals surface area contributed by atoms with Gasteiger partial charge in [0.2, 0.25) is 0 Å². The lowest BCUT2D eigenvalue weighted by Gasteiger charge is -2.69. The van der Waals surface area contributed by atoms with E-state index in [4.69, 9.17) is 25.6 Å². The van der Waals surface area contributed by atoms with Gasteiger partial charge in [0.15, 0.2) is 10.8 Å². The molecule has 4 aliphatic carbocycles. The molecule has 4 bridgehead atoms. The quantitative estimate of drug-likeness (QED) is 0.0369. The maximum atomic E-state index is 13.6. The number of aromatic nitrogens is 2. The third kappa shape index (κ3) is 8.99. The molecule has 1 aliphatic heterocycles. The van der Waals surface area contributed by atoms with E-state index >= 15 is 0 Å². The van der Waals surface area contributed by atoms with Gasteiger partial charge in [0.25, 0.3) is 5.91 Å². The zero-order chi connectivity index (χ0) is 43.9. The number of hydrogen-bond donors (Lipinski definition) is 6. The number of aromatic carboxylic acids is 1. The highest BCUT2D eigenvalue weighted by molar-refractivity contribution is 7.22. The van der Waals surface area contributed by atoms with Crippen LogP contribution in [0.4, 0.5) is 10.9 Å². The number of para-hydroxylation sites is 1. The number of carbonyl (C=O) groups excluding carboxylic acids is 2. The molecule has 2 aromatic heterocycles. The number of amides is 1. The van der Waals surface area contributed by atoms with Crippen LogP contribution in [0, 0.1) is 21.7 Å². The fraction of sp³-hybridized carbons (Fsp3) is 0.489. The lowest BCUT2D eigenvalue weighted by molar-refractivity contribution is -0.242. The number of nitrogens with two attached hydrogens (primary N) is 1. The zero-order valence-electron chi connectivity index (χ0n) is 36.1. The van der Waals surface area contributed by atoms with Crippen LogP contribution in [-0.4, -0.2) is 90.2 Å². The molecule has 4 saturated carbocycles. The van der Waals surface area contributed by atoms with E-state index < -0.39 is 18.0 Å². The van der Waals surface area contributed by atoms with Gasteiger partial charge >= 0.3 is 11.9 Å². The van der Waals surface area contributed by atoms with E-state index in [0.717, 1.165) is 65.6 Å². The average molecular weight is 863 g/mol. The van der Waals surface area contributed by atoms with Gasteiger partial charge in [0, 0.05) is 61.3 Å². The molecule has 15 heteroatoms. The smallest absolute Gasteiger partial charge is 0.355 e. The first kappa shape index (κ1) is 43.4. The van der Waals surface area contributed by atoms with Gasteiger partial charge in [-0.1, -0.05) is 49.4 Å². The molecule has 0 spiro atoms. The summed E-state index contributed by atoms with van der Waals surface area (Å²) in [6, 6.07) is 16.4. The first-order chi connectivity index (χ1) is 29.6. The first-order valence-corrected chi connectivity index (χ1v) is 22.4. The fourth-order valence-corrected chi connectivity index (χ4v) is 12.7. The molecule has 7 N–H and O–H groups in total. The third-order valence-electron chi connectivity index (χ3n) is 13.2. The second-order valence-electron chi connectivity index (χ2n) is 18.9. The first-order valence-electron chi connectivity index (χ1n) is 21.6. The van der Waals surface area contributed by atoms with Crippen LogP contribution in [0.2, 0.25) is 0 Å². The van der Waals surface area contributed by atoms with Crippen molar-refractivity contribution in [3.63, 3.8) is 0 Å². The second kappa shape index (κ2) is 17.2. The molecule has 1 amide bonds. The van der Waals surface area contributed by atoms with E-state index in [1.165, 1.54) is 17.6 Å². The largest absolute Gasteiger partial charge is 0.476 e. The molecule has 328 valence electrons. The Labute approximate surface area is 366 Å². The van der Waals surface area contributed by atoms with Crippen molar-refractivity contribution in [1.82, 2.24) is 20.6 Å². The van der Waals surface area contributed by atoms with Gasteiger partial charge in [-0.25, -0.2) is 14.8 Å². The summed E-state index contributed by atoms with van der Waals surface area (Å²) in [5, 5.41) is 29.5. The summed E-state index contributed by atoms with van der Waals surface area (Å²) in [6.07, 6.45) is 8.16. The molecule has 0 saturated heterocycles. The summed E-state index contributed by atoms with van der Waals surface area (Å²) in [4.78, 5) is 49.5. The Kier molecular flexibility index (Phi) is 12.0. The molecular formula is C47H58N8O6S. The summed E-state index contributed by atoms with van der Waals surface area (Å²) in [7, 11) is 0. The highest BCUT2D eigenvalue weighted by Crippen LogP contribution is 2.71. The van der Waals surface area contributed by atoms with Crippen LogP contribution < -0.4 is 26.6 Å². The SMILES string of the molecule is C/C(NCC12CC3(C)CC(C)(C1)CC(OCCNCCOC(=O)C(C)N)(C3)C2)=C(/C=N)c1ccc(N2CCc3cccc(C(=O)Nc4nc5ccccc5s4)c3C2)nc1C(=O)O. The van der Waals surface area contributed by atoms with Crippen LogP contribution in [-0.2, 0) is 27.2 Å². The molecule has 3 atom stereocenters. The Morgan fingerprint density at radius 2 is 1.73 bits per heavy atom. The number of esters is 1. The van der Waals surface area contributed by atoms with Gasteiger partial charge in [0.1, 0.15) is 18.5 Å². The van der Waals surface area contributed by atoms with E-state index in [1.54, 1.807) is 13.0 Å². The monoisotopic (exact) mass is 862 g/mol. The minimum Gasteiger partial charge on any atom is -0.476 e. The molecule has 0 radical (unpaired) electrons. The Bertz CT molecular complexity index is 2380. The van der Waals surface area contributed by atoms with E-state index in [0.29, 0.717) is 73.4 Å². The molecule has 9 rings (SSSR count). The summed E-state index contributed by atoms with van der Waals surface area (Å²) in [5.41, 5.74) is 10.3. The maximum absolute atomic E-state index is 13.6. The minimum absolute atomic E-state index is 0.0281. The number of thiazole rings is 1. The predicted molar refractivity (Wildman–Crippen MR) is 242 cm³/mol. The number of allylic oxidation sites excluding steroid dienone is 2. The van der Waals surface area contributed by atoms with Crippen molar-refractivity contribution < 1.29 is 29.0 Å². The van der Waals surface area contributed by atoms with Gasteiger partial charge in [-0.2, -0.15) is 0 Å². The number of nitrogens with one attached hydrogen (secondary N) is 4. The van der Waals surface area contributed by atoms with Crippen molar-refractivity contribution in [3.8, 4) is 0 Å². The lowest BCUT2D eigenvalue weighted by atomic mass is 9.39. The number of ether oxygens (including phenoxy) is 2. The highest BCUT2D eigenvalue weighted by Gasteiger charge is 2.66. The Hall–Kier alpha value is -5.22. The van der Waals surface area contributed by atoms with Crippen LogP contribution in [0.25, 0.3) is 15.8 Å². The van der Waals surface area contributed by atoms with Crippen molar-refractivity contribution in [2.75, 3.05) is 49.6 Å². The number of benzene rings is 2. The number of anilines is 2. The molecule has 14 nitrogen and oxygen atoms in total. The van der Waals surface area contributed by atoms with Crippen LogP contribution in [0.15, 0.2) is 60.3 Å². The van der Waals surface area contributed by atoms with Crippen molar-refractivity contribution in [3.05, 3.63) is 88.2 Å². The zero-order valence-corrected chi connectivity index (χ0v) is 36.9. The second-order valence-corrected chi connectivity index (χ2v) is 19.9. The fourth-order valence-electron chi connectivity index (χ4n) is 11.9. The number of fused-ring (bicyclic) bond motifs is 2. The Morgan fingerprint density at radius 1 is 0.968 bits per heavy atom. The van der Waals surface area contributed by atoms with Gasteiger partial charge in [-0.3, -0.25) is 14.9 Å². The maximum Gasteiger partial charge on any atom is 0.355 e. The molecule has 3 heterocycles. The summed E-state index contributed by atoms with van der Waals surface area (Å²) in [6.45, 7) is 12.0. The highest BCUT2D eigenvalue weighted by atomic mass is 32.1. The van der Waals surface area contributed by atoms with Crippen LogP contribution in [0.1, 0.15) is 104 Å². The third-order valence-corrected chi connectivity index (χ3v) is 14.2. The summed E-state index contributed by atoms with van der Waals surface area (Å²) in [5.74, 6) is -1.34. The molecule has 4 fully saturated rings. The molecule has 3 unspecified atom stereocenters. The average Bonchev–Trinajstić information content (AvgIpc) is 3.63. The summed E-state index contributed by atoms with van der Waals surface area (Å²) < 4.78 is 13.0. The van der Waals surface area contributed by atoms with Gasteiger partial charge in [0.05, 0.1) is 22.4 Å². The number of carboxylic acids is 1. The minimum atomic E-state index is -1.18. The molecule has 2 aromatic carbocycles. The van der Waals surface area contributed by atoms with Gasteiger partial charge < -0.3 is 41.3 Å². The van der Waals surface area contributed by atoms with E-state index in [9.17, 15) is 19.5 Å². The number of hydrogen-bond acceptors (Lipinski definition) is 13. The normalized spacial score (nSPS) is 25.8. The molecule has 4 aromatic rings. The van der Waals surface area contributed by atoms with Crippen molar-refractivity contribution in [1.29, 1.82) is 5.41 Å². The van der Waals surface area contributed by atoms with Gasteiger partial charge in [-0.15, -0.1) is 0 Å². The Balaban J connectivity index is 0.954. The number of rotatable bonds is 17.